The van der Waals surface area contributed by atoms with Gasteiger partial charge in [0.25, 0.3) is 0 Å². The molecule has 0 N–H and O–H groups in total. The molecule has 36 heavy (non-hydrogen) atoms. The second-order valence-electron chi connectivity index (χ2n) is 9.02. The van der Waals surface area contributed by atoms with Crippen molar-refractivity contribution in [3.63, 3.8) is 0 Å². The van der Waals surface area contributed by atoms with Crippen LogP contribution in [0.4, 0.5) is 0 Å². The van der Waals surface area contributed by atoms with Crippen molar-refractivity contribution in [3.8, 4) is 34.0 Å². The summed E-state index contributed by atoms with van der Waals surface area (Å²) in [7, 11) is 1.71. The lowest BCUT2D eigenvalue weighted by Crippen LogP contribution is -2.06. The molecule has 3 aromatic heterocycles. The lowest BCUT2D eigenvalue weighted by molar-refractivity contribution is 0.414. The number of rotatable bonds is 3. The fourth-order valence-corrected chi connectivity index (χ4v) is 5.26. The Morgan fingerprint density at radius 3 is 2.47 bits per heavy atom. The van der Waals surface area contributed by atoms with Gasteiger partial charge in [-0.2, -0.15) is 5.10 Å². The topological polar surface area (TPSA) is 52.8 Å². The van der Waals surface area contributed by atoms with Crippen LogP contribution in [0.15, 0.2) is 85.1 Å². The molecular formula is C30H21ClN4O. The molecule has 0 atom stereocenters. The third-order valence-corrected chi connectivity index (χ3v) is 7.16. The number of aromatic nitrogens is 4. The van der Waals surface area contributed by atoms with Crippen molar-refractivity contribution in [2.75, 3.05) is 7.11 Å². The molecule has 3 heterocycles. The zero-order chi connectivity index (χ0) is 24.2. The van der Waals surface area contributed by atoms with E-state index in [2.05, 4.69) is 18.2 Å². The molecule has 0 amide bonds. The van der Waals surface area contributed by atoms with E-state index in [4.69, 9.17) is 31.4 Å². The summed E-state index contributed by atoms with van der Waals surface area (Å²) >= 11 is 6.20. The fourth-order valence-electron chi connectivity index (χ4n) is 5.14. The fraction of sp³-hybridized carbons (Fsp3) is 0.100. The van der Waals surface area contributed by atoms with Gasteiger partial charge < -0.3 is 4.74 Å². The monoisotopic (exact) mass is 488 g/mol. The van der Waals surface area contributed by atoms with E-state index in [9.17, 15) is 0 Å². The van der Waals surface area contributed by atoms with Crippen LogP contribution in [-0.2, 0) is 12.8 Å². The second kappa shape index (κ2) is 8.18. The standard InChI is InChI=1S/C30H21ClN4O/c1-36-24-13-14-25-19(16-24)7-8-20-15-21-17-32-30-26(28(21)33-27(20)25)29(18-9-11-22(31)12-10-18)34-35(30)23-5-3-2-4-6-23/h2-6,9-17H,7-8H2,1H3. The molecule has 0 fully saturated rings. The quantitative estimate of drug-likeness (QED) is 0.267. The molecule has 0 aliphatic heterocycles. The molecule has 0 radical (unpaired) electrons. The van der Waals surface area contributed by atoms with Gasteiger partial charge in [0.2, 0.25) is 0 Å². The lowest BCUT2D eigenvalue weighted by atomic mass is 9.88. The number of hydrogen-bond acceptors (Lipinski definition) is 4. The summed E-state index contributed by atoms with van der Waals surface area (Å²) in [6.07, 6.45) is 3.81. The minimum Gasteiger partial charge on any atom is -0.497 e. The number of ether oxygens (including phenoxy) is 1. The molecular weight excluding hydrogens is 468 g/mol. The van der Waals surface area contributed by atoms with E-state index in [0.29, 0.717) is 5.02 Å². The number of para-hydroxylation sites is 1. The Morgan fingerprint density at radius 2 is 1.67 bits per heavy atom. The molecule has 0 saturated carbocycles. The van der Waals surface area contributed by atoms with Gasteiger partial charge in [0.15, 0.2) is 5.65 Å². The molecule has 6 aromatic rings. The van der Waals surface area contributed by atoms with Crippen molar-refractivity contribution >= 4 is 33.5 Å². The van der Waals surface area contributed by atoms with Crippen LogP contribution in [0.5, 0.6) is 5.75 Å². The highest BCUT2D eigenvalue weighted by molar-refractivity contribution is 6.30. The maximum Gasteiger partial charge on any atom is 0.165 e. The van der Waals surface area contributed by atoms with Gasteiger partial charge in [-0.25, -0.2) is 14.6 Å². The number of aryl methyl sites for hydroxylation is 2. The molecule has 5 nitrogen and oxygen atoms in total. The van der Waals surface area contributed by atoms with Crippen molar-refractivity contribution in [1.82, 2.24) is 19.7 Å². The average Bonchev–Trinajstić information content (AvgIpc) is 3.32. The number of nitrogens with zero attached hydrogens (tertiary/aromatic N) is 4. The Balaban J connectivity index is 1.55. The number of halogens is 1. The molecule has 1 aliphatic carbocycles. The van der Waals surface area contributed by atoms with Crippen LogP contribution in [0.1, 0.15) is 11.1 Å². The Morgan fingerprint density at radius 1 is 0.861 bits per heavy atom. The van der Waals surface area contributed by atoms with Crippen molar-refractivity contribution in [1.29, 1.82) is 0 Å². The highest BCUT2D eigenvalue weighted by Gasteiger charge is 2.23. The van der Waals surface area contributed by atoms with Crippen LogP contribution < -0.4 is 4.74 Å². The first-order valence-corrected chi connectivity index (χ1v) is 12.3. The van der Waals surface area contributed by atoms with Crippen molar-refractivity contribution in [2.45, 2.75) is 12.8 Å². The van der Waals surface area contributed by atoms with Gasteiger partial charge in [-0.05, 0) is 72.5 Å². The van der Waals surface area contributed by atoms with Gasteiger partial charge in [0.05, 0.1) is 29.4 Å². The van der Waals surface area contributed by atoms with E-state index in [-0.39, 0.29) is 0 Å². The van der Waals surface area contributed by atoms with Crippen LogP contribution in [-0.4, -0.2) is 26.9 Å². The van der Waals surface area contributed by atoms with Crippen LogP contribution in [0.25, 0.3) is 50.1 Å². The van der Waals surface area contributed by atoms with E-state index < -0.39 is 0 Å². The summed E-state index contributed by atoms with van der Waals surface area (Å²) in [5.41, 5.74) is 9.11. The molecule has 0 unspecified atom stereocenters. The Labute approximate surface area is 213 Å². The first-order valence-electron chi connectivity index (χ1n) is 11.9. The lowest BCUT2D eigenvalue weighted by Gasteiger charge is -2.20. The van der Waals surface area contributed by atoms with E-state index in [1.165, 1.54) is 11.1 Å². The summed E-state index contributed by atoms with van der Waals surface area (Å²) < 4.78 is 7.37. The van der Waals surface area contributed by atoms with Crippen molar-refractivity contribution in [3.05, 3.63) is 101 Å². The molecule has 6 heteroatoms. The average molecular weight is 489 g/mol. The molecule has 0 spiro atoms. The van der Waals surface area contributed by atoms with Gasteiger partial charge in [-0.1, -0.05) is 41.9 Å². The minimum atomic E-state index is 0.688. The summed E-state index contributed by atoms with van der Waals surface area (Å²) in [5, 5.41) is 7.68. The largest absolute Gasteiger partial charge is 0.497 e. The molecule has 0 bridgehead atoms. The summed E-state index contributed by atoms with van der Waals surface area (Å²) in [6, 6.07) is 26.4. The van der Waals surface area contributed by atoms with Gasteiger partial charge in [-0.3, -0.25) is 0 Å². The van der Waals surface area contributed by atoms with Crippen LogP contribution in [0.2, 0.25) is 5.02 Å². The maximum absolute atomic E-state index is 6.20. The van der Waals surface area contributed by atoms with E-state index >= 15 is 0 Å². The third-order valence-electron chi connectivity index (χ3n) is 6.90. The number of fused-ring (bicyclic) bond motifs is 6. The van der Waals surface area contributed by atoms with Crippen LogP contribution in [0, 0.1) is 0 Å². The first kappa shape index (κ1) is 21.1. The highest BCUT2D eigenvalue weighted by atomic mass is 35.5. The normalized spacial score (nSPS) is 12.5. The second-order valence-corrected chi connectivity index (χ2v) is 9.45. The predicted octanol–water partition coefficient (Wildman–Crippen LogP) is 7.06. The summed E-state index contributed by atoms with van der Waals surface area (Å²) in [6.45, 7) is 0. The van der Waals surface area contributed by atoms with E-state index in [0.717, 1.165) is 68.7 Å². The minimum absolute atomic E-state index is 0.688. The van der Waals surface area contributed by atoms with Gasteiger partial charge in [-0.15, -0.1) is 0 Å². The van der Waals surface area contributed by atoms with Crippen molar-refractivity contribution < 1.29 is 4.74 Å². The maximum atomic E-state index is 6.20. The zero-order valence-electron chi connectivity index (χ0n) is 19.6. The van der Waals surface area contributed by atoms with Crippen molar-refractivity contribution in [2.24, 2.45) is 0 Å². The number of methoxy groups -OCH3 is 1. The Bertz CT molecular complexity index is 1780. The molecule has 7 rings (SSSR count). The number of pyridine rings is 2. The summed E-state index contributed by atoms with van der Waals surface area (Å²) in [4.78, 5) is 10.2. The zero-order valence-corrected chi connectivity index (χ0v) is 20.3. The van der Waals surface area contributed by atoms with Gasteiger partial charge >= 0.3 is 0 Å². The smallest absolute Gasteiger partial charge is 0.165 e. The van der Waals surface area contributed by atoms with Gasteiger partial charge in [0, 0.05) is 27.7 Å². The molecule has 1 aliphatic rings. The van der Waals surface area contributed by atoms with Crippen LogP contribution in [0.3, 0.4) is 0 Å². The summed E-state index contributed by atoms with van der Waals surface area (Å²) in [5.74, 6) is 0.874. The first-order chi connectivity index (χ1) is 17.7. The van der Waals surface area contributed by atoms with Crippen LogP contribution >= 0.6 is 11.6 Å². The van der Waals surface area contributed by atoms with E-state index in [1.807, 2.05) is 71.5 Å². The molecule has 3 aromatic carbocycles. The Hall–Kier alpha value is -4.22. The highest BCUT2D eigenvalue weighted by Crippen LogP contribution is 2.39. The number of benzene rings is 3. The molecule has 174 valence electrons. The van der Waals surface area contributed by atoms with E-state index in [1.54, 1.807) is 7.11 Å². The predicted molar refractivity (Wildman–Crippen MR) is 144 cm³/mol. The number of hydrogen-bond donors (Lipinski definition) is 0. The SMILES string of the molecule is COc1ccc2c(c1)CCc1cc3cnc4c(c(-c5ccc(Cl)cc5)nn4-c4ccccc4)c3nc1-2. The molecule has 0 saturated heterocycles. The Kier molecular flexibility index (Phi) is 4.79. The third kappa shape index (κ3) is 3.28. The van der Waals surface area contributed by atoms with Gasteiger partial charge in [0.1, 0.15) is 11.4 Å².